The van der Waals surface area contributed by atoms with Crippen molar-refractivity contribution in [3.63, 3.8) is 0 Å². The molecule has 0 aliphatic heterocycles. The van der Waals surface area contributed by atoms with E-state index >= 15 is 0 Å². The van der Waals surface area contributed by atoms with Gasteiger partial charge in [0.05, 0.1) is 9.21 Å². The van der Waals surface area contributed by atoms with Crippen LogP contribution in [0.2, 0.25) is 4.34 Å². The summed E-state index contributed by atoms with van der Waals surface area (Å²) < 4.78 is 2.53. The predicted molar refractivity (Wildman–Crippen MR) is 107 cm³/mol. The van der Waals surface area contributed by atoms with Gasteiger partial charge in [-0.2, -0.15) is 4.57 Å². The van der Waals surface area contributed by atoms with Gasteiger partial charge in [-0.05, 0) is 43.4 Å². The highest BCUT2D eigenvalue weighted by atomic mass is 35.5. The highest BCUT2D eigenvalue weighted by Crippen LogP contribution is 2.25. The quantitative estimate of drug-likeness (QED) is 0.348. The number of hydrogen-bond donors (Lipinski definition) is 1. The van der Waals surface area contributed by atoms with Crippen molar-refractivity contribution >= 4 is 45.9 Å². The van der Waals surface area contributed by atoms with E-state index in [4.69, 9.17) is 23.8 Å². The topological polar surface area (TPSA) is 33.0 Å². The first-order chi connectivity index (χ1) is 12.1. The highest BCUT2D eigenvalue weighted by molar-refractivity contribution is 7.80. The number of pyridine rings is 1. The number of nitrogens with one attached hydrogen (secondary N) is 1. The number of ketones is 1. The second-order valence-corrected chi connectivity index (χ2v) is 8.21. The van der Waals surface area contributed by atoms with Crippen LogP contribution in [0.3, 0.4) is 0 Å². The van der Waals surface area contributed by atoms with Crippen LogP contribution in [-0.2, 0) is 12.8 Å². The maximum atomic E-state index is 13.1. The summed E-state index contributed by atoms with van der Waals surface area (Å²) in [6, 6.07) is 5.05. The first-order valence-corrected chi connectivity index (χ1v) is 9.91. The first-order valence-electron chi connectivity index (χ1n) is 8.31. The Morgan fingerprint density at radius 2 is 2.12 bits per heavy atom. The van der Waals surface area contributed by atoms with Crippen molar-refractivity contribution < 1.29 is 9.36 Å². The van der Waals surface area contributed by atoms with E-state index in [2.05, 4.69) is 24.2 Å². The van der Waals surface area contributed by atoms with Gasteiger partial charge in [0.2, 0.25) is 5.78 Å². The molecule has 6 heteroatoms. The lowest BCUT2D eigenvalue weighted by Crippen LogP contribution is -2.51. The number of carbonyl (C=O) groups is 1. The molecule has 0 saturated heterocycles. The lowest BCUT2D eigenvalue weighted by atomic mass is 9.93. The molecule has 3 nitrogen and oxygen atoms in total. The minimum Gasteiger partial charge on any atom is -0.370 e. The fourth-order valence-corrected chi connectivity index (χ4v) is 4.41. The Morgan fingerprint density at radius 3 is 2.80 bits per heavy atom. The van der Waals surface area contributed by atoms with Gasteiger partial charge in [0.25, 0.3) is 6.04 Å². The molecule has 1 unspecified atom stereocenters. The Bertz CT molecular complexity index is 816. The maximum Gasteiger partial charge on any atom is 0.271 e. The number of hydrogen-bond acceptors (Lipinski definition) is 3. The van der Waals surface area contributed by atoms with Gasteiger partial charge in [0.15, 0.2) is 17.4 Å². The van der Waals surface area contributed by atoms with E-state index in [-0.39, 0.29) is 5.78 Å². The Hall–Kier alpha value is -1.56. The lowest BCUT2D eigenvalue weighted by Gasteiger charge is -2.17. The SMILES string of the molecule is C=CCNC(=S)C(C(=O)c1ccc(Cl)s1)[n+]1ccc2c(c1)CCCC2. The van der Waals surface area contributed by atoms with Crippen LogP contribution in [0.1, 0.15) is 39.7 Å². The van der Waals surface area contributed by atoms with Gasteiger partial charge in [-0.3, -0.25) is 4.79 Å². The monoisotopic (exact) mass is 391 g/mol. The minimum absolute atomic E-state index is 0.0424. The third-order valence-electron chi connectivity index (χ3n) is 4.34. The Balaban J connectivity index is 1.97. The van der Waals surface area contributed by atoms with Crippen LogP contribution in [-0.4, -0.2) is 17.3 Å². The number of nitrogens with zero attached hydrogens (tertiary/aromatic N) is 1. The summed E-state index contributed by atoms with van der Waals surface area (Å²) in [4.78, 5) is 14.2. The summed E-state index contributed by atoms with van der Waals surface area (Å²) in [7, 11) is 0. The Morgan fingerprint density at radius 1 is 1.36 bits per heavy atom. The van der Waals surface area contributed by atoms with Crippen molar-refractivity contribution in [2.45, 2.75) is 31.7 Å². The molecule has 1 N–H and O–H groups in total. The molecule has 0 fully saturated rings. The van der Waals surface area contributed by atoms with Crippen molar-refractivity contribution in [3.8, 4) is 0 Å². The van der Waals surface area contributed by atoms with Gasteiger partial charge in [-0.1, -0.05) is 29.9 Å². The second kappa shape index (κ2) is 8.21. The Labute approximate surface area is 162 Å². The number of aromatic nitrogens is 1. The number of thiocarbonyl (C=S) groups is 1. The standard InChI is InChI=1S/C19H19ClN2OS2/c1-2-10-21-19(24)17(18(23)15-7-8-16(20)25-15)22-11-9-13-5-3-4-6-14(13)12-22/h2,7-9,11-12,17H,1,3-6,10H2/p+1. The number of carbonyl (C=O) groups excluding carboxylic acids is 1. The van der Waals surface area contributed by atoms with Crippen LogP contribution in [0.4, 0.5) is 0 Å². The largest absolute Gasteiger partial charge is 0.370 e. The highest BCUT2D eigenvalue weighted by Gasteiger charge is 2.34. The van der Waals surface area contributed by atoms with Crippen LogP contribution < -0.4 is 9.88 Å². The van der Waals surface area contributed by atoms with Crippen LogP contribution >= 0.6 is 35.2 Å². The zero-order chi connectivity index (χ0) is 17.8. The van der Waals surface area contributed by atoms with E-state index in [9.17, 15) is 4.79 Å². The van der Waals surface area contributed by atoms with Gasteiger partial charge in [-0.25, -0.2) is 0 Å². The second-order valence-electron chi connectivity index (χ2n) is 6.05. The molecule has 0 spiro atoms. The molecular formula is C19H20ClN2OS2+. The molecule has 0 bridgehead atoms. The molecule has 25 heavy (non-hydrogen) atoms. The number of fused-ring (bicyclic) bond motifs is 1. The molecule has 3 rings (SSSR count). The summed E-state index contributed by atoms with van der Waals surface area (Å²) in [6.45, 7) is 4.23. The zero-order valence-corrected chi connectivity index (χ0v) is 16.2. The summed E-state index contributed by atoms with van der Waals surface area (Å²) in [6.07, 6.45) is 10.3. The molecule has 1 aliphatic rings. The number of halogens is 1. The molecule has 130 valence electrons. The predicted octanol–water partition coefficient (Wildman–Crippen LogP) is 4.09. The van der Waals surface area contributed by atoms with Crippen molar-refractivity contribution in [3.05, 3.63) is 63.6 Å². The number of Topliss-reactive ketones (excluding diaryl/α,β-unsaturated/α-hetero) is 1. The normalized spacial score (nSPS) is 14.4. The van der Waals surface area contributed by atoms with Gasteiger partial charge in [0.1, 0.15) is 0 Å². The van der Waals surface area contributed by atoms with Gasteiger partial charge < -0.3 is 5.32 Å². The maximum absolute atomic E-state index is 13.1. The molecule has 0 aromatic carbocycles. The molecule has 2 aromatic heterocycles. The van der Waals surface area contributed by atoms with Crippen molar-refractivity contribution in [1.82, 2.24) is 5.32 Å². The molecule has 1 atom stereocenters. The Kier molecular flexibility index (Phi) is 5.99. The number of aryl methyl sites for hydroxylation is 2. The molecule has 0 saturated carbocycles. The van der Waals surface area contributed by atoms with Gasteiger partial charge in [-0.15, -0.1) is 17.9 Å². The average Bonchev–Trinajstić information content (AvgIpc) is 3.06. The third kappa shape index (κ3) is 4.17. The van der Waals surface area contributed by atoms with Gasteiger partial charge >= 0.3 is 0 Å². The molecule has 1 aliphatic carbocycles. The summed E-state index contributed by atoms with van der Waals surface area (Å²) in [5.74, 6) is -0.0424. The van der Waals surface area contributed by atoms with Gasteiger partial charge in [0, 0.05) is 18.2 Å². The van der Waals surface area contributed by atoms with E-state index in [1.165, 1.54) is 35.3 Å². The lowest BCUT2D eigenvalue weighted by molar-refractivity contribution is -0.692. The van der Waals surface area contributed by atoms with E-state index in [1.54, 1.807) is 18.2 Å². The summed E-state index contributed by atoms with van der Waals surface area (Å²) in [5, 5.41) is 3.11. The van der Waals surface area contributed by atoms with Crippen LogP contribution in [0, 0.1) is 0 Å². The van der Waals surface area contributed by atoms with Crippen molar-refractivity contribution in [2.24, 2.45) is 0 Å². The molecule has 0 amide bonds. The fraction of sp³-hybridized carbons (Fsp3) is 0.316. The molecule has 2 aromatic rings. The smallest absolute Gasteiger partial charge is 0.271 e. The van der Waals surface area contributed by atoms with E-state index < -0.39 is 6.04 Å². The fourth-order valence-electron chi connectivity index (χ4n) is 3.09. The van der Waals surface area contributed by atoms with Crippen LogP contribution in [0.25, 0.3) is 0 Å². The zero-order valence-electron chi connectivity index (χ0n) is 13.8. The number of thiophene rings is 1. The summed E-state index contributed by atoms with van der Waals surface area (Å²) in [5.41, 5.74) is 2.68. The van der Waals surface area contributed by atoms with E-state index in [0.29, 0.717) is 20.7 Å². The number of rotatable bonds is 6. The van der Waals surface area contributed by atoms with Crippen molar-refractivity contribution in [2.75, 3.05) is 6.54 Å². The minimum atomic E-state index is -0.572. The molecule has 0 radical (unpaired) electrons. The summed E-state index contributed by atoms with van der Waals surface area (Å²) >= 11 is 12.8. The van der Waals surface area contributed by atoms with Crippen LogP contribution in [0.5, 0.6) is 0 Å². The molecular weight excluding hydrogens is 372 g/mol. The van der Waals surface area contributed by atoms with Crippen LogP contribution in [0.15, 0.2) is 43.2 Å². The third-order valence-corrected chi connectivity index (χ3v) is 5.95. The van der Waals surface area contributed by atoms with Crippen molar-refractivity contribution in [1.29, 1.82) is 0 Å². The first kappa shape index (κ1) is 18.2. The average molecular weight is 392 g/mol. The van der Waals surface area contributed by atoms with E-state index in [0.717, 1.165) is 12.8 Å². The molecule has 2 heterocycles. The van der Waals surface area contributed by atoms with E-state index in [1.807, 2.05) is 10.8 Å².